The van der Waals surface area contributed by atoms with E-state index in [-0.39, 0.29) is 42.7 Å². The molecular weight excluding hydrogens is 289 g/mol. The van der Waals surface area contributed by atoms with Gasteiger partial charge in [-0.05, 0) is 19.1 Å². The van der Waals surface area contributed by atoms with Crippen LogP contribution in [0.1, 0.15) is 13.8 Å². The summed E-state index contributed by atoms with van der Waals surface area (Å²) in [6.45, 7) is 3.58. The lowest BCUT2D eigenvalue weighted by Gasteiger charge is -2.14. The van der Waals surface area contributed by atoms with Crippen molar-refractivity contribution in [2.24, 2.45) is 11.7 Å². The average Bonchev–Trinajstić information content (AvgIpc) is 2.71. The topological polar surface area (TPSA) is 85.3 Å². The van der Waals surface area contributed by atoms with Crippen molar-refractivity contribution in [2.75, 3.05) is 5.32 Å². The smallest absolute Gasteiger partial charge is 0.235 e. The Kier molecular flexibility index (Phi) is 6.75. The molecule has 0 radical (unpaired) electrons. The number of pyridine rings is 1. The van der Waals surface area contributed by atoms with E-state index in [1.54, 1.807) is 24.4 Å². The molecule has 0 bridgehead atoms. The van der Waals surface area contributed by atoms with Gasteiger partial charge in [0.1, 0.15) is 0 Å². The molecule has 0 saturated carbocycles. The molecule has 6 nitrogen and oxygen atoms in total. The van der Waals surface area contributed by atoms with Gasteiger partial charge in [-0.2, -0.15) is 0 Å². The fourth-order valence-corrected chi connectivity index (χ4v) is 1.39. The number of amides is 1. The van der Waals surface area contributed by atoms with Gasteiger partial charge in [-0.15, -0.1) is 35.0 Å². The highest BCUT2D eigenvalue weighted by atomic mass is 35.5. The summed E-state index contributed by atoms with van der Waals surface area (Å²) in [6, 6.07) is 5.33. The van der Waals surface area contributed by atoms with E-state index in [2.05, 4.69) is 15.5 Å². The maximum atomic E-state index is 11.8. The number of hydrogen-bond acceptors (Lipinski definition) is 4. The van der Waals surface area contributed by atoms with Crippen LogP contribution in [-0.2, 0) is 4.79 Å². The Morgan fingerprint density at radius 1 is 1.32 bits per heavy atom. The molecule has 3 N–H and O–H groups in total. The Morgan fingerprint density at radius 3 is 2.63 bits per heavy atom. The zero-order valence-corrected chi connectivity index (χ0v) is 12.2. The van der Waals surface area contributed by atoms with Crippen LogP contribution in [0.5, 0.6) is 0 Å². The van der Waals surface area contributed by atoms with E-state index in [1.165, 1.54) is 0 Å². The first-order chi connectivity index (χ1) is 8.09. The summed E-state index contributed by atoms with van der Waals surface area (Å²) in [5.74, 6) is -0.0117. The van der Waals surface area contributed by atoms with Crippen LogP contribution in [0, 0.1) is 5.92 Å². The number of anilines is 1. The predicted octanol–water partition coefficient (Wildman–Crippen LogP) is 1.49. The number of nitrogens with two attached hydrogens (primary N) is 1. The van der Waals surface area contributed by atoms with Crippen molar-refractivity contribution in [3.8, 4) is 0 Å². The number of fused-ring (bicyclic) bond motifs is 1. The van der Waals surface area contributed by atoms with Gasteiger partial charge in [-0.3, -0.25) is 14.5 Å². The van der Waals surface area contributed by atoms with Gasteiger partial charge in [0, 0.05) is 12.2 Å². The van der Waals surface area contributed by atoms with Gasteiger partial charge in [-0.1, -0.05) is 13.0 Å². The minimum absolute atomic E-state index is 0. The van der Waals surface area contributed by atoms with E-state index < -0.39 is 0 Å². The third-order valence-electron chi connectivity index (χ3n) is 2.75. The van der Waals surface area contributed by atoms with Crippen LogP contribution in [0.15, 0.2) is 24.4 Å². The van der Waals surface area contributed by atoms with Gasteiger partial charge in [0.05, 0.1) is 5.92 Å². The summed E-state index contributed by atoms with van der Waals surface area (Å²) in [5.41, 5.74) is 6.37. The highest BCUT2D eigenvalue weighted by molar-refractivity contribution is 5.91. The Hall–Kier alpha value is -1.37. The van der Waals surface area contributed by atoms with Crippen LogP contribution >= 0.6 is 24.8 Å². The molecule has 2 unspecified atom stereocenters. The normalized spacial score (nSPS) is 13.0. The molecule has 8 heteroatoms. The summed E-state index contributed by atoms with van der Waals surface area (Å²) in [7, 11) is 0. The number of aromatic nitrogens is 3. The van der Waals surface area contributed by atoms with E-state index in [4.69, 9.17) is 5.73 Å². The minimum Gasteiger partial charge on any atom is -0.327 e. The Labute approximate surface area is 123 Å². The standard InChI is InChI=1S/C11H15N5O.2ClH/c1-7(8(2)12)10(17)13-11-15-14-9-5-3-4-6-16(9)11;;/h3-8H,12H2,1-2H3,(H,13,15,17);2*1H. The predicted molar refractivity (Wildman–Crippen MR) is 78.9 cm³/mol. The average molecular weight is 306 g/mol. The number of nitrogens with zero attached hydrogens (tertiary/aromatic N) is 3. The fourth-order valence-electron chi connectivity index (χ4n) is 1.39. The van der Waals surface area contributed by atoms with Gasteiger partial charge >= 0.3 is 0 Å². The van der Waals surface area contributed by atoms with E-state index in [9.17, 15) is 4.79 Å². The molecule has 2 atom stereocenters. The molecule has 0 spiro atoms. The third-order valence-corrected chi connectivity index (χ3v) is 2.75. The highest BCUT2D eigenvalue weighted by Gasteiger charge is 2.18. The number of halogens is 2. The monoisotopic (exact) mass is 305 g/mol. The second-order valence-corrected chi connectivity index (χ2v) is 4.09. The fraction of sp³-hybridized carbons (Fsp3) is 0.364. The molecule has 0 fully saturated rings. The quantitative estimate of drug-likeness (QED) is 0.900. The van der Waals surface area contributed by atoms with Crippen LogP contribution in [0.2, 0.25) is 0 Å². The lowest BCUT2D eigenvalue weighted by Crippen LogP contribution is -2.34. The summed E-state index contributed by atoms with van der Waals surface area (Å²) < 4.78 is 1.71. The molecule has 2 rings (SSSR count). The molecule has 0 aliphatic rings. The second-order valence-electron chi connectivity index (χ2n) is 4.09. The molecule has 2 heterocycles. The van der Waals surface area contributed by atoms with Crippen LogP contribution < -0.4 is 11.1 Å². The van der Waals surface area contributed by atoms with Gasteiger partial charge in [0.15, 0.2) is 5.65 Å². The van der Waals surface area contributed by atoms with Crippen molar-refractivity contribution in [3.63, 3.8) is 0 Å². The van der Waals surface area contributed by atoms with Gasteiger partial charge in [0.25, 0.3) is 0 Å². The molecule has 0 saturated heterocycles. The maximum absolute atomic E-state index is 11.8. The van der Waals surface area contributed by atoms with Gasteiger partial charge in [0.2, 0.25) is 11.9 Å². The highest BCUT2D eigenvalue weighted by Crippen LogP contribution is 2.09. The lowest BCUT2D eigenvalue weighted by molar-refractivity contribution is -0.119. The van der Waals surface area contributed by atoms with Crippen molar-refractivity contribution >= 4 is 42.3 Å². The van der Waals surface area contributed by atoms with Crippen LogP contribution in [0.25, 0.3) is 5.65 Å². The number of hydrogen-bond donors (Lipinski definition) is 2. The van der Waals surface area contributed by atoms with Crippen molar-refractivity contribution in [3.05, 3.63) is 24.4 Å². The van der Waals surface area contributed by atoms with Gasteiger partial charge < -0.3 is 5.73 Å². The summed E-state index contributed by atoms with van der Waals surface area (Å²) in [6.07, 6.45) is 1.79. The minimum atomic E-state index is -0.272. The van der Waals surface area contributed by atoms with Crippen molar-refractivity contribution in [2.45, 2.75) is 19.9 Å². The SMILES string of the molecule is CC(N)C(C)C(=O)Nc1nnc2ccccn12.Cl.Cl. The Balaban J connectivity index is 0.00000162. The van der Waals surface area contributed by atoms with E-state index in [1.807, 2.05) is 18.2 Å². The summed E-state index contributed by atoms with van der Waals surface area (Å²) in [5, 5.41) is 10.6. The largest absolute Gasteiger partial charge is 0.327 e. The molecule has 2 aromatic rings. The number of nitrogens with one attached hydrogen (secondary N) is 1. The molecule has 0 aromatic carbocycles. The van der Waals surface area contributed by atoms with E-state index in [0.717, 1.165) is 0 Å². The summed E-state index contributed by atoms with van der Waals surface area (Å²) in [4.78, 5) is 11.8. The number of carbonyl (C=O) groups excluding carboxylic acids is 1. The summed E-state index contributed by atoms with van der Waals surface area (Å²) >= 11 is 0. The zero-order chi connectivity index (χ0) is 12.4. The first-order valence-electron chi connectivity index (χ1n) is 5.46. The molecule has 19 heavy (non-hydrogen) atoms. The van der Waals surface area contributed by atoms with Gasteiger partial charge in [-0.25, -0.2) is 0 Å². The maximum Gasteiger partial charge on any atom is 0.235 e. The number of rotatable bonds is 3. The second kappa shape index (κ2) is 7.28. The van der Waals surface area contributed by atoms with Crippen molar-refractivity contribution in [1.82, 2.24) is 14.6 Å². The molecule has 1 amide bonds. The first kappa shape index (κ1) is 17.6. The molecular formula is C11H17Cl2N5O. The molecule has 0 aliphatic heterocycles. The van der Waals surface area contributed by atoms with Crippen molar-refractivity contribution < 1.29 is 4.79 Å². The number of carbonyl (C=O) groups is 1. The van der Waals surface area contributed by atoms with Crippen LogP contribution in [0.3, 0.4) is 0 Å². The Bertz CT molecular complexity index is 543. The van der Waals surface area contributed by atoms with Crippen molar-refractivity contribution in [1.29, 1.82) is 0 Å². The molecule has 2 aromatic heterocycles. The van der Waals surface area contributed by atoms with Crippen LogP contribution in [0.4, 0.5) is 5.95 Å². The third kappa shape index (κ3) is 3.79. The van der Waals surface area contributed by atoms with E-state index >= 15 is 0 Å². The van der Waals surface area contributed by atoms with E-state index in [0.29, 0.717) is 11.6 Å². The Morgan fingerprint density at radius 2 is 2.00 bits per heavy atom. The van der Waals surface area contributed by atoms with Crippen LogP contribution in [-0.4, -0.2) is 26.5 Å². The molecule has 0 aliphatic carbocycles. The zero-order valence-electron chi connectivity index (χ0n) is 10.6. The first-order valence-corrected chi connectivity index (χ1v) is 5.46. The lowest BCUT2D eigenvalue weighted by atomic mass is 10.0. The molecule has 106 valence electrons.